The maximum Gasteiger partial charge on any atom is 0.132 e. The number of benzene rings is 8. The molecule has 0 aliphatic carbocycles. The predicted octanol–water partition coefficient (Wildman–Crippen LogP) is 12.5. The molecule has 9 rings (SSSR count). The van der Waals surface area contributed by atoms with Gasteiger partial charge >= 0.3 is 0 Å². The first-order chi connectivity index (χ1) is 24.3. The molecule has 49 heavy (non-hydrogen) atoms. The summed E-state index contributed by atoms with van der Waals surface area (Å²) < 4.78 is 6.67. The minimum absolute atomic E-state index is 0.566. The Hall–Kier alpha value is -6.38. The monoisotopic (exact) mass is 627 g/mol. The Labute approximate surface area is 287 Å². The van der Waals surface area contributed by atoms with Gasteiger partial charge in [-0.25, -0.2) is 0 Å². The van der Waals surface area contributed by atoms with Gasteiger partial charge in [0.05, 0.1) is 5.41 Å². The summed E-state index contributed by atoms with van der Waals surface area (Å²) in [7, 11) is 0. The van der Waals surface area contributed by atoms with Gasteiger partial charge in [-0.3, -0.25) is 0 Å². The lowest BCUT2D eigenvalue weighted by molar-refractivity contribution is 0.435. The second-order valence-electron chi connectivity index (χ2n) is 12.5. The molecule has 1 atom stereocenters. The standard InChI is InChI=1S/C47H33NO/c1-4-16-38(17-5-1)47(43-22-12-13-23-45(43)49-46-33-37-15-11-10-14-36(37)32-44(46)47)39-28-24-34(25-29-39)35-26-30-42(31-27-35)48(40-18-6-2-7-19-40)41-20-8-3-9-21-41/h1-33H. The minimum Gasteiger partial charge on any atom is -0.457 e. The van der Waals surface area contributed by atoms with Crippen molar-refractivity contribution in [3.05, 3.63) is 222 Å². The summed E-state index contributed by atoms with van der Waals surface area (Å²) in [6, 6.07) is 71.5. The molecule has 0 amide bonds. The summed E-state index contributed by atoms with van der Waals surface area (Å²) in [6.07, 6.45) is 0. The number of rotatable bonds is 6. The Balaban J connectivity index is 1.17. The molecule has 0 saturated carbocycles. The number of nitrogens with zero attached hydrogens (tertiary/aromatic N) is 1. The molecule has 1 heterocycles. The highest BCUT2D eigenvalue weighted by Gasteiger charge is 2.45. The third-order valence-corrected chi connectivity index (χ3v) is 9.78. The third kappa shape index (κ3) is 4.89. The second-order valence-corrected chi connectivity index (χ2v) is 12.5. The van der Waals surface area contributed by atoms with Gasteiger partial charge in [-0.2, -0.15) is 0 Å². The number of anilines is 3. The highest BCUT2D eigenvalue weighted by molar-refractivity contribution is 5.88. The van der Waals surface area contributed by atoms with E-state index < -0.39 is 5.41 Å². The van der Waals surface area contributed by atoms with E-state index in [1.54, 1.807) is 0 Å². The Morgan fingerprint density at radius 3 is 1.45 bits per heavy atom. The fourth-order valence-electron chi connectivity index (χ4n) is 7.52. The Morgan fingerprint density at radius 1 is 0.347 bits per heavy atom. The quantitative estimate of drug-likeness (QED) is 0.182. The van der Waals surface area contributed by atoms with Crippen LogP contribution >= 0.6 is 0 Å². The van der Waals surface area contributed by atoms with E-state index in [2.05, 4.69) is 205 Å². The summed E-state index contributed by atoms with van der Waals surface area (Å²) in [5.41, 5.74) is 9.84. The molecule has 0 bridgehead atoms. The molecule has 1 aliphatic rings. The van der Waals surface area contributed by atoms with Gasteiger partial charge in [0, 0.05) is 28.2 Å². The van der Waals surface area contributed by atoms with E-state index in [9.17, 15) is 0 Å². The zero-order valence-corrected chi connectivity index (χ0v) is 26.9. The molecule has 0 radical (unpaired) electrons. The van der Waals surface area contributed by atoms with Gasteiger partial charge in [-0.1, -0.05) is 146 Å². The predicted molar refractivity (Wildman–Crippen MR) is 202 cm³/mol. The van der Waals surface area contributed by atoms with Crippen LogP contribution in [-0.2, 0) is 5.41 Å². The van der Waals surface area contributed by atoms with Crippen molar-refractivity contribution in [1.82, 2.24) is 0 Å². The normalized spacial score (nSPS) is 14.8. The molecule has 0 aromatic heterocycles. The molecular formula is C47H33NO. The van der Waals surface area contributed by atoms with Crippen molar-refractivity contribution in [3.63, 3.8) is 0 Å². The zero-order chi connectivity index (χ0) is 32.6. The Bertz CT molecular complexity index is 2350. The van der Waals surface area contributed by atoms with Crippen LogP contribution < -0.4 is 9.64 Å². The highest BCUT2D eigenvalue weighted by atomic mass is 16.5. The third-order valence-electron chi connectivity index (χ3n) is 9.78. The number of para-hydroxylation sites is 3. The molecule has 0 fully saturated rings. The molecule has 0 saturated heterocycles. The molecule has 8 aromatic carbocycles. The van der Waals surface area contributed by atoms with Crippen LogP contribution in [-0.4, -0.2) is 0 Å². The van der Waals surface area contributed by atoms with Gasteiger partial charge < -0.3 is 9.64 Å². The van der Waals surface area contributed by atoms with E-state index in [0.717, 1.165) is 39.7 Å². The van der Waals surface area contributed by atoms with E-state index in [0.29, 0.717) is 0 Å². The average Bonchev–Trinajstić information content (AvgIpc) is 3.18. The first-order valence-corrected chi connectivity index (χ1v) is 16.8. The lowest BCUT2D eigenvalue weighted by Gasteiger charge is -2.41. The van der Waals surface area contributed by atoms with Crippen LogP contribution in [0.1, 0.15) is 22.3 Å². The Kier molecular flexibility index (Phi) is 7.06. The van der Waals surface area contributed by atoms with Crippen LogP contribution in [0.3, 0.4) is 0 Å². The highest BCUT2D eigenvalue weighted by Crippen LogP contribution is 2.56. The van der Waals surface area contributed by atoms with Crippen LogP contribution in [0.25, 0.3) is 21.9 Å². The van der Waals surface area contributed by atoms with Crippen LogP contribution in [0, 0.1) is 0 Å². The summed E-state index contributed by atoms with van der Waals surface area (Å²) in [4.78, 5) is 2.29. The van der Waals surface area contributed by atoms with Gasteiger partial charge in [-0.15, -0.1) is 0 Å². The van der Waals surface area contributed by atoms with Crippen molar-refractivity contribution in [1.29, 1.82) is 0 Å². The summed E-state index contributed by atoms with van der Waals surface area (Å²) in [5.74, 6) is 1.78. The van der Waals surface area contributed by atoms with Gasteiger partial charge in [0.2, 0.25) is 0 Å². The van der Waals surface area contributed by atoms with Crippen molar-refractivity contribution in [3.8, 4) is 22.6 Å². The fourth-order valence-corrected chi connectivity index (χ4v) is 7.52. The first-order valence-electron chi connectivity index (χ1n) is 16.8. The minimum atomic E-state index is -0.566. The lowest BCUT2D eigenvalue weighted by Crippen LogP contribution is -2.34. The van der Waals surface area contributed by atoms with Crippen LogP contribution in [0.5, 0.6) is 11.5 Å². The van der Waals surface area contributed by atoms with Crippen molar-refractivity contribution >= 4 is 27.8 Å². The lowest BCUT2D eigenvalue weighted by atomic mass is 9.63. The molecular weight excluding hydrogens is 595 g/mol. The number of hydrogen-bond donors (Lipinski definition) is 0. The molecule has 2 nitrogen and oxygen atoms in total. The summed E-state index contributed by atoms with van der Waals surface area (Å²) in [5, 5.41) is 2.36. The van der Waals surface area contributed by atoms with E-state index >= 15 is 0 Å². The van der Waals surface area contributed by atoms with E-state index in [4.69, 9.17) is 4.74 Å². The van der Waals surface area contributed by atoms with Crippen molar-refractivity contribution in [2.75, 3.05) is 4.90 Å². The van der Waals surface area contributed by atoms with Gasteiger partial charge in [-0.05, 0) is 87.6 Å². The van der Waals surface area contributed by atoms with Crippen LogP contribution in [0.4, 0.5) is 17.1 Å². The van der Waals surface area contributed by atoms with Gasteiger partial charge in [0.15, 0.2) is 0 Å². The second kappa shape index (κ2) is 12.0. The van der Waals surface area contributed by atoms with E-state index in [1.807, 2.05) is 0 Å². The number of fused-ring (bicyclic) bond motifs is 3. The van der Waals surface area contributed by atoms with Crippen LogP contribution in [0.2, 0.25) is 0 Å². The molecule has 1 unspecified atom stereocenters. The van der Waals surface area contributed by atoms with E-state index in [-0.39, 0.29) is 0 Å². The number of ether oxygens (including phenoxy) is 1. The molecule has 0 N–H and O–H groups in total. The SMILES string of the molecule is c1ccc(N(c2ccccc2)c2ccc(-c3ccc(C4(c5ccccc5)c5ccccc5Oc5cc6ccccc6cc54)cc3)cc2)cc1. The zero-order valence-electron chi connectivity index (χ0n) is 26.9. The molecule has 8 aromatic rings. The Morgan fingerprint density at radius 2 is 0.816 bits per heavy atom. The van der Waals surface area contributed by atoms with Gasteiger partial charge in [0.1, 0.15) is 11.5 Å². The summed E-state index contributed by atoms with van der Waals surface area (Å²) >= 11 is 0. The largest absolute Gasteiger partial charge is 0.457 e. The van der Waals surface area contributed by atoms with Crippen molar-refractivity contribution in [2.24, 2.45) is 0 Å². The summed E-state index contributed by atoms with van der Waals surface area (Å²) in [6.45, 7) is 0. The fraction of sp³-hybridized carbons (Fsp3) is 0.0213. The topological polar surface area (TPSA) is 12.5 Å². The van der Waals surface area contributed by atoms with Crippen molar-refractivity contribution in [2.45, 2.75) is 5.41 Å². The number of hydrogen-bond acceptors (Lipinski definition) is 2. The smallest absolute Gasteiger partial charge is 0.132 e. The first kappa shape index (κ1) is 28.8. The van der Waals surface area contributed by atoms with Crippen LogP contribution in [0.15, 0.2) is 200 Å². The van der Waals surface area contributed by atoms with Crippen molar-refractivity contribution < 1.29 is 4.74 Å². The average molecular weight is 628 g/mol. The molecule has 2 heteroatoms. The maximum absolute atomic E-state index is 6.67. The van der Waals surface area contributed by atoms with Gasteiger partial charge in [0.25, 0.3) is 0 Å². The molecule has 232 valence electrons. The van der Waals surface area contributed by atoms with E-state index in [1.165, 1.54) is 33.0 Å². The molecule has 0 spiro atoms. The maximum atomic E-state index is 6.67. The molecule has 1 aliphatic heterocycles.